The van der Waals surface area contributed by atoms with Crippen molar-refractivity contribution in [1.82, 2.24) is 0 Å². The summed E-state index contributed by atoms with van der Waals surface area (Å²) in [7, 11) is 0. The normalized spacial score (nSPS) is 16.4. The van der Waals surface area contributed by atoms with Gasteiger partial charge in [-0.25, -0.2) is 4.79 Å². The number of carbonyl (C=O) groups is 2. The van der Waals surface area contributed by atoms with Crippen molar-refractivity contribution in [1.29, 1.82) is 0 Å². The first-order valence-electron chi connectivity index (χ1n) is 6.57. The Morgan fingerprint density at radius 3 is 2.33 bits per heavy atom. The standard InChI is InChI=1S/C17H13NO3/c19-16(13-7-2-1-3-8-13)18-14-9-5-4-6-12(14)10-11-15(18)17(20)21/h1-11,15H,(H,20,21). The van der Waals surface area contributed by atoms with E-state index in [4.69, 9.17) is 0 Å². The molecule has 1 aliphatic heterocycles. The van der Waals surface area contributed by atoms with Crippen molar-refractivity contribution < 1.29 is 14.7 Å². The van der Waals surface area contributed by atoms with Gasteiger partial charge in [0, 0.05) is 5.56 Å². The van der Waals surface area contributed by atoms with E-state index >= 15 is 0 Å². The molecule has 0 aromatic heterocycles. The topological polar surface area (TPSA) is 57.6 Å². The van der Waals surface area contributed by atoms with Gasteiger partial charge in [-0.15, -0.1) is 0 Å². The molecule has 1 N–H and O–H groups in total. The number of aliphatic carboxylic acids is 1. The summed E-state index contributed by atoms with van der Waals surface area (Å²) in [5, 5.41) is 9.38. The van der Waals surface area contributed by atoms with Gasteiger partial charge < -0.3 is 5.11 Å². The van der Waals surface area contributed by atoms with Crippen molar-refractivity contribution in [2.75, 3.05) is 4.90 Å². The summed E-state index contributed by atoms with van der Waals surface area (Å²) in [5.41, 5.74) is 1.91. The Kier molecular flexibility index (Phi) is 3.28. The number of nitrogens with zero attached hydrogens (tertiary/aromatic N) is 1. The first kappa shape index (κ1) is 13.1. The Morgan fingerprint density at radius 2 is 1.62 bits per heavy atom. The lowest BCUT2D eigenvalue weighted by molar-refractivity contribution is -0.137. The molecule has 1 amide bonds. The van der Waals surface area contributed by atoms with Gasteiger partial charge in [0.15, 0.2) is 6.04 Å². The van der Waals surface area contributed by atoms with E-state index in [0.717, 1.165) is 5.56 Å². The van der Waals surface area contributed by atoms with Gasteiger partial charge in [0.1, 0.15) is 0 Å². The second-order valence-electron chi connectivity index (χ2n) is 4.74. The first-order chi connectivity index (χ1) is 10.2. The first-order valence-corrected chi connectivity index (χ1v) is 6.57. The van der Waals surface area contributed by atoms with Crippen molar-refractivity contribution in [2.45, 2.75) is 6.04 Å². The second-order valence-corrected chi connectivity index (χ2v) is 4.74. The van der Waals surface area contributed by atoms with Crippen LogP contribution < -0.4 is 4.90 Å². The van der Waals surface area contributed by atoms with Crippen LogP contribution in [0.2, 0.25) is 0 Å². The Labute approximate surface area is 121 Å². The zero-order chi connectivity index (χ0) is 14.8. The number of para-hydroxylation sites is 1. The maximum Gasteiger partial charge on any atom is 0.330 e. The Hall–Kier alpha value is -2.88. The number of carboxylic acid groups (broad SMARTS) is 1. The molecule has 104 valence electrons. The molecule has 4 heteroatoms. The van der Waals surface area contributed by atoms with Crippen LogP contribution in [0.3, 0.4) is 0 Å². The zero-order valence-electron chi connectivity index (χ0n) is 11.1. The highest BCUT2D eigenvalue weighted by molar-refractivity contribution is 6.11. The fourth-order valence-electron chi connectivity index (χ4n) is 2.43. The summed E-state index contributed by atoms with van der Waals surface area (Å²) in [6.45, 7) is 0. The van der Waals surface area contributed by atoms with E-state index in [1.807, 2.05) is 18.2 Å². The van der Waals surface area contributed by atoms with Crippen molar-refractivity contribution in [3.8, 4) is 0 Å². The number of hydrogen-bond donors (Lipinski definition) is 1. The molecule has 1 unspecified atom stereocenters. The van der Waals surface area contributed by atoms with Crippen LogP contribution in [0.4, 0.5) is 5.69 Å². The van der Waals surface area contributed by atoms with Gasteiger partial charge >= 0.3 is 5.97 Å². The minimum absolute atomic E-state index is 0.320. The highest BCUT2D eigenvalue weighted by atomic mass is 16.4. The Bertz CT molecular complexity index is 722. The molecule has 1 aliphatic rings. The second kappa shape index (κ2) is 5.25. The Morgan fingerprint density at radius 1 is 0.952 bits per heavy atom. The highest BCUT2D eigenvalue weighted by Crippen LogP contribution is 2.30. The third-order valence-corrected chi connectivity index (χ3v) is 3.43. The molecule has 0 radical (unpaired) electrons. The van der Waals surface area contributed by atoms with Gasteiger partial charge in [-0.05, 0) is 29.8 Å². The molecule has 2 aromatic carbocycles. The summed E-state index contributed by atoms with van der Waals surface area (Å²) < 4.78 is 0. The average Bonchev–Trinajstić information content (AvgIpc) is 2.53. The lowest BCUT2D eigenvalue weighted by Gasteiger charge is -2.31. The van der Waals surface area contributed by atoms with Crippen LogP contribution in [0.5, 0.6) is 0 Å². The van der Waals surface area contributed by atoms with Crippen molar-refractivity contribution in [3.05, 3.63) is 71.8 Å². The number of carboxylic acids is 1. The van der Waals surface area contributed by atoms with Crippen molar-refractivity contribution in [3.63, 3.8) is 0 Å². The molecule has 0 fully saturated rings. The van der Waals surface area contributed by atoms with Crippen LogP contribution in [0.15, 0.2) is 60.7 Å². The smallest absolute Gasteiger partial charge is 0.330 e. The molecule has 1 heterocycles. The third kappa shape index (κ3) is 2.31. The molecule has 1 atom stereocenters. The number of amides is 1. The van der Waals surface area contributed by atoms with Gasteiger partial charge in [-0.3, -0.25) is 9.69 Å². The number of rotatable bonds is 2. The third-order valence-electron chi connectivity index (χ3n) is 3.43. The average molecular weight is 279 g/mol. The molecule has 0 saturated carbocycles. The molecule has 0 bridgehead atoms. The predicted octanol–water partition coefficient (Wildman–Crippen LogP) is 2.81. The summed E-state index contributed by atoms with van der Waals surface area (Å²) >= 11 is 0. The van der Waals surface area contributed by atoms with E-state index in [0.29, 0.717) is 11.3 Å². The van der Waals surface area contributed by atoms with Crippen LogP contribution in [-0.4, -0.2) is 23.0 Å². The van der Waals surface area contributed by atoms with E-state index in [-0.39, 0.29) is 5.91 Å². The molecule has 21 heavy (non-hydrogen) atoms. The maximum atomic E-state index is 12.7. The van der Waals surface area contributed by atoms with Crippen LogP contribution >= 0.6 is 0 Å². The van der Waals surface area contributed by atoms with Crippen LogP contribution in [0, 0.1) is 0 Å². The fraction of sp³-hybridized carbons (Fsp3) is 0.0588. The summed E-state index contributed by atoms with van der Waals surface area (Å²) in [4.78, 5) is 25.5. The van der Waals surface area contributed by atoms with E-state index in [2.05, 4.69) is 0 Å². The number of benzene rings is 2. The molecule has 0 saturated heterocycles. The fourth-order valence-corrected chi connectivity index (χ4v) is 2.43. The van der Waals surface area contributed by atoms with Gasteiger partial charge in [-0.1, -0.05) is 42.5 Å². The van der Waals surface area contributed by atoms with E-state index in [9.17, 15) is 14.7 Å². The number of anilines is 1. The van der Waals surface area contributed by atoms with E-state index < -0.39 is 12.0 Å². The molecular formula is C17H13NO3. The minimum atomic E-state index is -1.05. The molecule has 0 spiro atoms. The lowest BCUT2D eigenvalue weighted by Crippen LogP contribution is -2.45. The van der Waals surface area contributed by atoms with Gasteiger partial charge in [-0.2, -0.15) is 0 Å². The SMILES string of the molecule is O=C(O)C1C=Cc2ccccc2N1C(=O)c1ccccc1. The monoisotopic (exact) mass is 279 g/mol. The zero-order valence-corrected chi connectivity index (χ0v) is 11.1. The summed E-state index contributed by atoms with van der Waals surface area (Å²) in [6.07, 6.45) is 3.27. The number of fused-ring (bicyclic) bond motifs is 1. The molecular weight excluding hydrogens is 266 g/mol. The largest absolute Gasteiger partial charge is 0.479 e. The Balaban J connectivity index is 2.10. The van der Waals surface area contributed by atoms with Crippen LogP contribution in [0.1, 0.15) is 15.9 Å². The highest BCUT2D eigenvalue weighted by Gasteiger charge is 2.33. The predicted molar refractivity (Wildman–Crippen MR) is 80.2 cm³/mol. The van der Waals surface area contributed by atoms with Gasteiger partial charge in [0.25, 0.3) is 5.91 Å². The summed E-state index contributed by atoms with van der Waals surface area (Å²) in [6, 6.07) is 15.0. The van der Waals surface area contributed by atoms with E-state index in [1.54, 1.807) is 42.5 Å². The van der Waals surface area contributed by atoms with Gasteiger partial charge in [0.2, 0.25) is 0 Å². The minimum Gasteiger partial charge on any atom is -0.479 e. The lowest BCUT2D eigenvalue weighted by atomic mass is 10.0. The van der Waals surface area contributed by atoms with Crippen molar-refractivity contribution >= 4 is 23.6 Å². The molecule has 2 aromatic rings. The molecule has 4 nitrogen and oxygen atoms in total. The quantitative estimate of drug-likeness (QED) is 0.919. The number of carbonyl (C=O) groups excluding carboxylic acids is 1. The van der Waals surface area contributed by atoms with Crippen LogP contribution in [0.25, 0.3) is 6.08 Å². The van der Waals surface area contributed by atoms with Gasteiger partial charge in [0.05, 0.1) is 5.69 Å². The molecule has 3 rings (SSSR count). The van der Waals surface area contributed by atoms with Crippen LogP contribution in [-0.2, 0) is 4.79 Å². The van der Waals surface area contributed by atoms with E-state index in [1.165, 1.54) is 11.0 Å². The number of hydrogen-bond acceptors (Lipinski definition) is 2. The summed E-state index contributed by atoms with van der Waals surface area (Å²) in [5.74, 6) is -1.37. The molecule has 0 aliphatic carbocycles. The van der Waals surface area contributed by atoms with Crippen molar-refractivity contribution in [2.24, 2.45) is 0 Å². The maximum absolute atomic E-state index is 12.7.